The van der Waals surface area contributed by atoms with Gasteiger partial charge in [-0.1, -0.05) is 12.1 Å². The van der Waals surface area contributed by atoms with Gasteiger partial charge in [0.05, 0.1) is 23.1 Å². The number of alkyl halides is 3. The Morgan fingerprint density at radius 1 is 1.09 bits per heavy atom. The van der Waals surface area contributed by atoms with Crippen molar-refractivity contribution in [3.05, 3.63) is 71.7 Å². The summed E-state index contributed by atoms with van der Waals surface area (Å²) in [7, 11) is 0. The molecule has 1 atom stereocenters. The number of benzene rings is 2. The normalized spacial score (nSPS) is 12.5. The molecular formula is C21H16F4N6O2. The molecule has 4 rings (SSSR count). The SMILES string of the molecule is NC(O)c1cc(-c2ccc(NC(=O)Nc3cc(C(F)(F)F)ccc3F)cc2)nc2[nH]ncc12. The van der Waals surface area contributed by atoms with Crippen molar-refractivity contribution >= 4 is 28.4 Å². The molecule has 12 heteroatoms. The summed E-state index contributed by atoms with van der Waals surface area (Å²) in [5, 5.41) is 21.5. The number of carbonyl (C=O) groups is 1. The number of nitrogens with zero attached hydrogens (tertiary/aromatic N) is 2. The quantitative estimate of drug-likeness (QED) is 0.228. The number of aliphatic hydroxyl groups is 1. The van der Waals surface area contributed by atoms with E-state index < -0.39 is 35.5 Å². The maximum Gasteiger partial charge on any atom is 0.416 e. The second kappa shape index (κ2) is 8.48. The van der Waals surface area contributed by atoms with Crippen molar-refractivity contribution < 1.29 is 27.5 Å². The summed E-state index contributed by atoms with van der Waals surface area (Å²) in [5.41, 5.74) is 6.17. The molecule has 0 aliphatic heterocycles. The average Bonchev–Trinajstić information content (AvgIpc) is 3.23. The van der Waals surface area contributed by atoms with E-state index in [1.165, 1.54) is 18.3 Å². The summed E-state index contributed by atoms with van der Waals surface area (Å²) in [4.78, 5) is 16.6. The fraction of sp³-hybridized carbons (Fsp3) is 0.0952. The molecule has 0 saturated carbocycles. The first-order valence-electron chi connectivity index (χ1n) is 9.44. The van der Waals surface area contributed by atoms with Crippen molar-refractivity contribution in [1.29, 1.82) is 0 Å². The van der Waals surface area contributed by atoms with E-state index in [-0.39, 0.29) is 0 Å². The van der Waals surface area contributed by atoms with E-state index in [1.807, 2.05) is 0 Å². The molecule has 0 saturated heterocycles. The van der Waals surface area contributed by atoms with Crippen LogP contribution in [-0.2, 0) is 6.18 Å². The van der Waals surface area contributed by atoms with Gasteiger partial charge in [-0.2, -0.15) is 18.3 Å². The lowest BCUT2D eigenvalue weighted by molar-refractivity contribution is -0.137. The molecule has 2 heterocycles. The standard InChI is InChI=1S/C21H16F4N6O2/c22-15-6-3-11(21(23,24)25)7-17(15)30-20(33)28-12-4-1-10(2-5-12)16-8-13(18(26)32)14-9-27-31-19(14)29-16/h1-9,18,32H,26H2,(H,27,29,31)(H2,28,30,33). The van der Waals surface area contributed by atoms with Crippen LogP contribution in [0.3, 0.4) is 0 Å². The summed E-state index contributed by atoms with van der Waals surface area (Å²) in [5.74, 6) is -1.01. The second-order valence-electron chi connectivity index (χ2n) is 7.02. The van der Waals surface area contributed by atoms with Crippen LogP contribution in [0.15, 0.2) is 54.7 Å². The Morgan fingerprint density at radius 2 is 1.82 bits per heavy atom. The Morgan fingerprint density at radius 3 is 2.48 bits per heavy atom. The van der Waals surface area contributed by atoms with Crippen LogP contribution in [0.4, 0.5) is 33.7 Å². The molecule has 4 aromatic rings. The Labute approximate surface area is 183 Å². The van der Waals surface area contributed by atoms with Crippen molar-refractivity contribution in [1.82, 2.24) is 15.2 Å². The van der Waals surface area contributed by atoms with Crippen molar-refractivity contribution in [2.24, 2.45) is 5.73 Å². The maximum atomic E-state index is 13.8. The highest BCUT2D eigenvalue weighted by atomic mass is 19.4. The van der Waals surface area contributed by atoms with Crippen LogP contribution in [0.25, 0.3) is 22.3 Å². The predicted octanol–water partition coefficient (Wildman–Crippen LogP) is 4.38. The first-order chi connectivity index (χ1) is 15.6. The van der Waals surface area contributed by atoms with E-state index in [9.17, 15) is 27.5 Å². The Bertz CT molecular complexity index is 1320. The zero-order chi connectivity index (χ0) is 23.8. The van der Waals surface area contributed by atoms with Crippen LogP contribution in [0.1, 0.15) is 17.4 Å². The number of pyridine rings is 1. The monoisotopic (exact) mass is 460 g/mol. The number of carbonyl (C=O) groups excluding carboxylic acids is 1. The number of hydrogen-bond acceptors (Lipinski definition) is 5. The first-order valence-corrected chi connectivity index (χ1v) is 9.44. The van der Waals surface area contributed by atoms with Crippen LogP contribution in [0, 0.1) is 5.82 Å². The summed E-state index contributed by atoms with van der Waals surface area (Å²) in [6, 6.07) is 8.70. The molecule has 0 bridgehead atoms. The number of anilines is 2. The van der Waals surface area contributed by atoms with Crippen molar-refractivity contribution in [3.63, 3.8) is 0 Å². The molecule has 6 N–H and O–H groups in total. The number of nitrogens with one attached hydrogen (secondary N) is 3. The van der Waals surface area contributed by atoms with Crippen molar-refractivity contribution in [2.45, 2.75) is 12.4 Å². The van der Waals surface area contributed by atoms with E-state index in [0.29, 0.717) is 51.7 Å². The van der Waals surface area contributed by atoms with Crippen LogP contribution < -0.4 is 16.4 Å². The molecule has 33 heavy (non-hydrogen) atoms. The minimum absolute atomic E-state index is 0.297. The van der Waals surface area contributed by atoms with Gasteiger partial charge in [-0.05, 0) is 36.4 Å². The topological polar surface area (TPSA) is 129 Å². The van der Waals surface area contributed by atoms with E-state index in [1.54, 1.807) is 18.2 Å². The van der Waals surface area contributed by atoms with Gasteiger partial charge in [0, 0.05) is 22.2 Å². The molecule has 2 aromatic heterocycles. The highest BCUT2D eigenvalue weighted by Gasteiger charge is 2.31. The minimum Gasteiger partial charge on any atom is -0.375 e. The molecule has 2 amide bonds. The number of aliphatic hydroxyl groups excluding tert-OH is 1. The van der Waals surface area contributed by atoms with Crippen LogP contribution in [-0.4, -0.2) is 26.3 Å². The van der Waals surface area contributed by atoms with E-state index >= 15 is 0 Å². The molecule has 0 aliphatic rings. The number of halogens is 4. The molecule has 170 valence electrons. The van der Waals surface area contributed by atoms with Gasteiger partial charge >= 0.3 is 12.2 Å². The number of amides is 2. The number of aromatic nitrogens is 3. The van der Waals surface area contributed by atoms with Crippen LogP contribution in [0.5, 0.6) is 0 Å². The molecule has 2 aromatic carbocycles. The van der Waals surface area contributed by atoms with Gasteiger partial charge in [-0.15, -0.1) is 0 Å². The molecule has 0 radical (unpaired) electrons. The second-order valence-corrected chi connectivity index (χ2v) is 7.02. The molecular weight excluding hydrogens is 444 g/mol. The van der Waals surface area contributed by atoms with Gasteiger partial charge in [0.1, 0.15) is 12.0 Å². The smallest absolute Gasteiger partial charge is 0.375 e. The van der Waals surface area contributed by atoms with Gasteiger partial charge in [0.2, 0.25) is 0 Å². The Hall–Kier alpha value is -4.03. The number of rotatable bonds is 4. The van der Waals surface area contributed by atoms with Gasteiger partial charge < -0.3 is 21.5 Å². The van der Waals surface area contributed by atoms with Crippen molar-refractivity contribution in [2.75, 3.05) is 10.6 Å². The Kier molecular flexibility index (Phi) is 5.70. The number of H-pyrrole nitrogens is 1. The fourth-order valence-corrected chi connectivity index (χ4v) is 3.15. The highest BCUT2D eigenvalue weighted by molar-refractivity contribution is 6.00. The number of urea groups is 1. The molecule has 1 unspecified atom stereocenters. The third-order valence-electron chi connectivity index (χ3n) is 4.75. The zero-order valence-electron chi connectivity index (χ0n) is 16.6. The average molecular weight is 460 g/mol. The van der Waals surface area contributed by atoms with Gasteiger partial charge in [-0.3, -0.25) is 5.10 Å². The van der Waals surface area contributed by atoms with Crippen LogP contribution in [0.2, 0.25) is 0 Å². The van der Waals surface area contributed by atoms with E-state index in [0.717, 1.165) is 0 Å². The number of nitrogens with two attached hydrogens (primary N) is 1. The number of aromatic amines is 1. The molecule has 0 spiro atoms. The lowest BCUT2D eigenvalue weighted by Gasteiger charge is -2.12. The maximum absolute atomic E-state index is 13.8. The highest BCUT2D eigenvalue weighted by Crippen LogP contribution is 2.32. The lowest BCUT2D eigenvalue weighted by atomic mass is 10.1. The van der Waals surface area contributed by atoms with E-state index in [2.05, 4.69) is 25.8 Å². The summed E-state index contributed by atoms with van der Waals surface area (Å²) >= 11 is 0. The van der Waals surface area contributed by atoms with Gasteiger partial charge in [-0.25, -0.2) is 14.2 Å². The largest absolute Gasteiger partial charge is 0.416 e. The predicted molar refractivity (Wildman–Crippen MR) is 113 cm³/mol. The molecule has 0 aliphatic carbocycles. The fourth-order valence-electron chi connectivity index (χ4n) is 3.15. The lowest BCUT2D eigenvalue weighted by Crippen LogP contribution is -2.20. The number of fused-ring (bicyclic) bond motifs is 1. The molecule has 0 fully saturated rings. The van der Waals surface area contributed by atoms with E-state index in [4.69, 9.17) is 5.73 Å². The van der Waals surface area contributed by atoms with Gasteiger partial charge in [0.25, 0.3) is 0 Å². The third kappa shape index (κ3) is 4.76. The Balaban J connectivity index is 1.51. The van der Waals surface area contributed by atoms with Gasteiger partial charge in [0.15, 0.2) is 5.65 Å². The summed E-state index contributed by atoms with van der Waals surface area (Å²) in [6.07, 6.45) is -4.42. The van der Waals surface area contributed by atoms with Crippen molar-refractivity contribution in [3.8, 4) is 11.3 Å². The molecule has 8 nitrogen and oxygen atoms in total. The van der Waals surface area contributed by atoms with Crippen LogP contribution >= 0.6 is 0 Å². The summed E-state index contributed by atoms with van der Waals surface area (Å²) in [6.45, 7) is 0. The minimum atomic E-state index is -4.68. The third-order valence-corrected chi connectivity index (χ3v) is 4.75. The first kappa shape index (κ1) is 22.2. The zero-order valence-corrected chi connectivity index (χ0v) is 16.6. The number of hydrogen-bond donors (Lipinski definition) is 5. The summed E-state index contributed by atoms with van der Waals surface area (Å²) < 4.78 is 52.3.